The maximum Gasteiger partial charge on any atom is 0.243 e. The zero-order valence-corrected chi connectivity index (χ0v) is 14.7. The molecule has 0 aliphatic rings. The fourth-order valence-electron chi connectivity index (χ4n) is 1.99. The number of hydrogen-bond donors (Lipinski definition) is 1. The van der Waals surface area contributed by atoms with Crippen molar-refractivity contribution < 1.29 is 9.47 Å². The molecule has 2 rings (SSSR count). The van der Waals surface area contributed by atoms with E-state index in [1.165, 1.54) is 0 Å². The minimum absolute atomic E-state index is 0.0507. The lowest BCUT2D eigenvalue weighted by Gasteiger charge is -2.18. The molecule has 1 heterocycles. The molecule has 0 unspecified atom stereocenters. The molecule has 0 spiro atoms. The van der Waals surface area contributed by atoms with Crippen molar-refractivity contribution in [1.82, 2.24) is 20.2 Å². The number of aromatic nitrogens is 4. The van der Waals surface area contributed by atoms with Gasteiger partial charge in [-0.15, -0.1) is 0 Å². The molecule has 2 aromatic rings. The second kappa shape index (κ2) is 7.44. The molecule has 0 saturated carbocycles. The van der Waals surface area contributed by atoms with Crippen molar-refractivity contribution >= 4 is 21.9 Å². The Labute approximate surface area is 138 Å². The predicted molar refractivity (Wildman–Crippen MR) is 87.3 cm³/mol. The van der Waals surface area contributed by atoms with E-state index >= 15 is 0 Å². The van der Waals surface area contributed by atoms with Crippen LogP contribution < -0.4 is 14.8 Å². The zero-order valence-electron chi connectivity index (χ0n) is 13.1. The number of halogens is 1. The second-order valence-electron chi connectivity index (χ2n) is 4.93. The first kappa shape index (κ1) is 16.5. The molecule has 1 N–H and O–H groups in total. The third-order valence-corrected chi connectivity index (χ3v) is 3.40. The van der Waals surface area contributed by atoms with E-state index in [2.05, 4.69) is 36.8 Å². The lowest BCUT2D eigenvalue weighted by molar-refractivity contribution is 0.228. The van der Waals surface area contributed by atoms with E-state index < -0.39 is 0 Å². The molecular formula is C14H20BrN5O2. The topological polar surface area (TPSA) is 74.1 Å². The van der Waals surface area contributed by atoms with Gasteiger partial charge in [0.25, 0.3) is 0 Å². The molecule has 0 saturated heterocycles. The highest BCUT2D eigenvalue weighted by atomic mass is 79.9. The summed E-state index contributed by atoms with van der Waals surface area (Å²) >= 11 is 3.49. The number of tetrazole rings is 1. The monoisotopic (exact) mass is 369 g/mol. The van der Waals surface area contributed by atoms with Crippen LogP contribution >= 0.6 is 15.9 Å². The fourth-order valence-corrected chi connectivity index (χ4v) is 2.48. The van der Waals surface area contributed by atoms with Crippen molar-refractivity contribution in [2.75, 3.05) is 12.4 Å². The summed E-state index contributed by atoms with van der Waals surface area (Å²) in [7, 11) is 1.63. The van der Waals surface area contributed by atoms with Crippen molar-refractivity contribution in [2.24, 2.45) is 0 Å². The Morgan fingerprint density at radius 3 is 2.77 bits per heavy atom. The molecule has 0 atom stereocenters. The van der Waals surface area contributed by atoms with Crippen molar-refractivity contribution in [3.05, 3.63) is 22.2 Å². The summed E-state index contributed by atoms with van der Waals surface area (Å²) in [6.07, 6.45) is 0.0507. The number of ether oxygens (including phenoxy) is 2. The van der Waals surface area contributed by atoms with Crippen molar-refractivity contribution in [3.8, 4) is 11.5 Å². The number of methoxy groups -OCH3 is 1. The molecule has 1 aromatic heterocycles. The Bertz CT molecular complexity index is 630. The molecule has 0 amide bonds. The largest absolute Gasteiger partial charge is 0.493 e. The smallest absolute Gasteiger partial charge is 0.243 e. The first-order valence-corrected chi connectivity index (χ1v) is 7.87. The number of nitrogens with one attached hydrogen (secondary N) is 1. The van der Waals surface area contributed by atoms with Gasteiger partial charge in [-0.2, -0.15) is 0 Å². The SMILES string of the molecule is CCn1nnnc1NCc1cc(Br)cc(OC)c1OC(C)C. The lowest BCUT2D eigenvalue weighted by Crippen LogP contribution is -2.12. The maximum atomic E-state index is 5.90. The molecule has 22 heavy (non-hydrogen) atoms. The molecule has 0 fully saturated rings. The van der Waals surface area contributed by atoms with Crippen LogP contribution in [0.15, 0.2) is 16.6 Å². The Hall–Kier alpha value is -1.83. The molecule has 0 radical (unpaired) electrons. The van der Waals surface area contributed by atoms with Gasteiger partial charge in [-0.05, 0) is 43.3 Å². The summed E-state index contributed by atoms with van der Waals surface area (Å²) in [5, 5.41) is 14.7. The van der Waals surface area contributed by atoms with Gasteiger partial charge in [0, 0.05) is 23.1 Å². The van der Waals surface area contributed by atoms with Crippen LogP contribution in [-0.2, 0) is 13.1 Å². The van der Waals surface area contributed by atoms with E-state index in [4.69, 9.17) is 9.47 Å². The van der Waals surface area contributed by atoms with Crippen LogP contribution in [0.3, 0.4) is 0 Å². The molecule has 7 nitrogen and oxygen atoms in total. The molecular weight excluding hydrogens is 350 g/mol. The van der Waals surface area contributed by atoms with Crippen LogP contribution in [0, 0.1) is 0 Å². The van der Waals surface area contributed by atoms with Crippen LogP contribution in [0.5, 0.6) is 11.5 Å². The quantitative estimate of drug-likeness (QED) is 0.808. The summed E-state index contributed by atoms with van der Waals surface area (Å²) in [6.45, 7) is 7.17. The number of rotatable bonds is 7. The van der Waals surface area contributed by atoms with Crippen molar-refractivity contribution in [3.63, 3.8) is 0 Å². The number of hydrogen-bond acceptors (Lipinski definition) is 6. The van der Waals surface area contributed by atoms with Gasteiger partial charge in [-0.1, -0.05) is 21.0 Å². The molecule has 8 heteroatoms. The number of benzene rings is 1. The molecule has 1 aromatic carbocycles. The Balaban J connectivity index is 2.26. The highest BCUT2D eigenvalue weighted by molar-refractivity contribution is 9.10. The van der Waals surface area contributed by atoms with E-state index in [-0.39, 0.29) is 6.10 Å². The van der Waals surface area contributed by atoms with E-state index in [0.29, 0.717) is 24.8 Å². The van der Waals surface area contributed by atoms with Gasteiger partial charge in [-0.3, -0.25) is 0 Å². The van der Waals surface area contributed by atoms with Crippen LogP contribution in [0.25, 0.3) is 0 Å². The number of anilines is 1. The van der Waals surface area contributed by atoms with Gasteiger partial charge < -0.3 is 14.8 Å². The predicted octanol–water partition coefficient (Wildman–Crippen LogP) is 2.86. The van der Waals surface area contributed by atoms with Crippen molar-refractivity contribution in [1.29, 1.82) is 0 Å². The number of aryl methyl sites for hydroxylation is 1. The van der Waals surface area contributed by atoms with Crippen LogP contribution in [0.4, 0.5) is 5.95 Å². The normalized spacial score (nSPS) is 10.8. The Morgan fingerprint density at radius 2 is 2.14 bits per heavy atom. The molecule has 120 valence electrons. The lowest BCUT2D eigenvalue weighted by atomic mass is 10.2. The van der Waals surface area contributed by atoms with Crippen LogP contribution in [-0.4, -0.2) is 33.4 Å². The average molecular weight is 370 g/mol. The zero-order chi connectivity index (χ0) is 16.1. The molecule has 0 bridgehead atoms. The van der Waals surface area contributed by atoms with Crippen LogP contribution in [0.2, 0.25) is 0 Å². The Morgan fingerprint density at radius 1 is 1.36 bits per heavy atom. The van der Waals surface area contributed by atoms with E-state index in [0.717, 1.165) is 15.8 Å². The van der Waals surface area contributed by atoms with Crippen LogP contribution in [0.1, 0.15) is 26.3 Å². The van der Waals surface area contributed by atoms with Gasteiger partial charge in [-0.25, -0.2) is 4.68 Å². The summed E-state index contributed by atoms with van der Waals surface area (Å²) in [6, 6.07) is 3.88. The average Bonchev–Trinajstić information content (AvgIpc) is 2.94. The Kier molecular flexibility index (Phi) is 5.59. The first-order chi connectivity index (χ1) is 10.5. The van der Waals surface area contributed by atoms with E-state index in [1.807, 2.05) is 32.9 Å². The molecule has 0 aliphatic heterocycles. The third-order valence-electron chi connectivity index (χ3n) is 2.94. The fraction of sp³-hybridized carbons (Fsp3) is 0.500. The standard InChI is InChI=1S/C14H20BrN5O2/c1-5-20-14(17-18-19-20)16-8-10-6-11(15)7-12(21-4)13(10)22-9(2)3/h6-7,9H,5,8H2,1-4H3,(H,16,17,19). The van der Waals surface area contributed by atoms with E-state index in [9.17, 15) is 0 Å². The number of nitrogens with zero attached hydrogens (tertiary/aromatic N) is 4. The third kappa shape index (κ3) is 3.88. The van der Waals surface area contributed by atoms with E-state index in [1.54, 1.807) is 11.8 Å². The second-order valence-corrected chi connectivity index (χ2v) is 5.85. The minimum Gasteiger partial charge on any atom is -0.493 e. The van der Waals surface area contributed by atoms with Gasteiger partial charge in [0.15, 0.2) is 11.5 Å². The first-order valence-electron chi connectivity index (χ1n) is 7.08. The van der Waals surface area contributed by atoms with Gasteiger partial charge >= 0.3 is 0 Å². The summed E-state index contributed by atoms with van der Waals surface area (Å²) in [5.74, 6) is 2.04. The molecule has 0 aliphatic carbocycles. The summed E-state index contributed by atoms with van der Waals surface area (Å²) in [4.78, 5) is 0. The summed E-state index contributed by atoms with van der Waals surface area (Å²) in [5.41, 5.74) is 0.963. The maximum absolute atomic E-state index is 5.90. The summed E-state index contributed by atoms with van der Waals surface area (Å²) < 4.78 is 13.9. The van der Waals surface area contributed by atoms with Gasteiger partial charge in [0.05, 0.1) is 13.2 Å². The minimum atomic E-state index is 0.0507. The van der Waals surface area contributed by atoms with Crippen molar-refractivity contribution in [2.45, 2.75) is 40.0 Å². The van der Waals surface area contributed by atoms with Gasteiger partial charge in [0.2, 0.25) is 5.95 Å². The highest BCUT2D eigenvalue weighted by Gasteiger charge is 2.15. The van der Waals surface area contributed by atoms with Gasteiger partial charge in [0.1, 0.15) is 0 Å². The highest BCUT2D eigenvalue weighted by Crippen LogP contribution is 2.35.